The number of nitrogens with zero attached hydrogens (tertiary/aromatic N) is 5. The van der Waals surface area contributed by atoms with Crippen molar-refractivity contribution in [3.63, 3.8) is 0 Å². The molecule has 2 aromatic carbocycles. The molecule has 0 atom stereocenters. The van der Waals surface area contributed by atoms with Crippen molar-refractivity contribution in [1.82, 2.24) is 29.7 Å². The second kappa shape index (κ2) is 12.7. The number of hydrogen-bond acceptors (Lipinski definition) is 7. The molecule has 0 bridgehead atoms. The number of rotatable bonds is 9. The maximum atomic E-state index is 13.5. The second-order valence-corrected chi connectivity index (χ2v) is 9.02. The van der Waals surface area contributed by atoms with E-state index in [1.54, 1.807) is 6.20 Å². The Morgan fingerprint density at radius 3 is 2.72 bits per heavy atom. The lowest BCUT2D eigenvalue weighted by Crippen LogP contribution is -2.33. The van der Waals surface area contributed by atoms with E-state index in [0.717, 1.165) is 47.9 Å². The standard InChI is InChI=1S/C28H27F2N7O2/c1-36(2)12-4-11-32-26-16-34-24-9-7-19(14-25(24)35-26)5-3-10-33-27(38)21-15-31-18-37(28(21)39)17-20-6-8-22(29)23(30)13-20/h6-9,13-16,18H,4,10-12,17H2,1-2H3,(H,32,35)(H,33,38). The smallest absolute Gasteiger partial charge is 0.266 e. The molecular weight excluding hydrogens is 504 g/mol. The van der Waals surface area contributed by atoms with Crippen molar-refractivity contribution in [1.29, 1.82) is 0 Å². The summed E-state index contributed by atoms with van der Waals surface area (Å²) in [5, 5.41) is 5.85. The third kappa shape index (κ3) is 7.43. The lowest BCUT2D eigenvalue weighted by Gasteiger charge is -2.10. The van der Waals surface area contributed by atoms with Crippen LogP contribution in [-0.4, -0.2) is 64.1 Å². The normalized spacial score (nSPS) is 10.8. The van der Waals surface area contributed by atoms with Crippen LogP contribution in [-0.2, 0) is 6.54 Å². The third-order valence-electron chi connectivity index (χ3n) is 5.68. The summed E-state index contributed by atoms with van der Waals surface area (Å²) < 4.78 is 27.8. The van der Waals surface area contributed by atoms with Gasteiger partial charge in [-0.2, -0.15) is 0 Å². The Hall–Kier alpha value is -4.69. The minimum atomic E-state index is -1.02. The fraction of sp³-hybridized carbons (Fsp3) is 0.250. The van der Waals surface area contributed by atoms with Gasteiger partial charge in [0, 0.05) is 18.3 Å². The number of benzene rings is 2. The number of carbonyl (C=O) groups excluding carboxylic acids is 1. The molecule has 2 aromatic heterocycles. The van der Waals surface area contributed by atoms with Crippen molar-refractivity contribution >= 4 is 22.8 Å². The molecule has 0 saturated heterocycles. The lowest BCUT2D eigenvalue weighted by atomic mass is 10.2. The van der Waals surface area contributed by atoms with Gasteiger partial charge in [0.2, 0.25) is 0 Å². The molecule has 0 aliphatic rings. The van der Waals surface area contributed by atoms with Gasteiger partial charge < -0.3 is 15.5 Å². The molecule has 11 heteroatoms. The maximum Gasteiger partial charge on any atom is 0.266 e. The van der Waals surface area contributed by atoms with Crippen molar-refractivity contribution in [2.45, 2.75) is 13.0 Å². The Morgan fingerprint density at radius 1 is 1.08 bits per heavy atom. The number of aromatic nitrogens is 4. The Labute approximate surface area is 223 Å². The highest BCUT2D eigenvalue weighted by Gasteiger charge is 2.13. The second-order valence-electron chi connectivity index (χ2n) is 9.02. The van der Waals surface area contributed by atoms with Gasteiger partial charge in [-0.25, -0.2) is 18.7 Å². The first-order chi connectivity index (χ1) is 18.8. The molecule has 0 fully saturated rings. The molecule has 0 aliphatic carbocycles. The van der Waals surface area contributed by atoms with E-state index >= 15 is 0 Å². The van der Waals surface area contributed by atoms with Gasteiger partial charge in [-0.3, -0.25) is 19.1 Å². The van der Waals surface area contributed by atoms with E-state index in [1.165, 1.54) is 12.4 Å². The summed E-state index contributed by atoms with van der Waals surface area (Å²) >= 11 is 0. The predicted molar refractivity (Wildman–Crippen MR) is 144 cm³/mol. The molecular formula is C28H27F2N7O2. The van der Waals surface area contributed by atoms with Crippen molar-refractivity contribution in [2.24, 2.45) is 0 Å². The van der Waals surface area contributed by atoms with Crippen LogP contribution in [0, 0.1) is 23.5 Å². The summed E-state index contributed by atoms with van der Waals surface area (Å²) in [6.07, 6.45) is 5.06. The number of fused-ring (bicyclic) bond motifs is 1. The monoisotopic (exact) mass is 531 g/mol. The van der Waals surface area contributed by atoms with Crippen LogP contribution in [0.1, 0.15) is 27.9 Å². The summed E-state index contributed by atoms with van der Waals surface area (Å²) in [7, 11) is 4.06. The van der Waals surface area contributed by atoms with Gasteiger partial charge in [0.05, 0.1) is 36.6 Å². The lowest BCUT2D eigenvalue weighted by molar-refractivity contribution is 0.0956. The maximum absolute atomic E-state index is 13.5. The van der Waals surface area contributed by atoms with Crippen molar-refractivity contribution in [3.05, 3.63) is 93.8 Å². The molecule has 4 rings (SSSR count). The number of halogens is 2. The van der Waals surface area contributed by atoms with E-state index in [2.05, 4.69) is 42.3 Å². The first-order valence-electron chi connectivity index (χ1n) is 12.2. The van der Waals surface area contributed by atoms with Crippen LogP contribution >= 0.6 is 0 Å². The quantitative estimate of drug-likeness (QED) is 0.253. The SMILES string of the molecule is CN(C)CCCNc1cnc2ccc(C#CCNC(=O)c3cncn(Cc4ccc(F)c(F)c4)c3=O)cc2n1. The van der Waals surface area contributed by atoms with Gasteiger partial charge in [0.15, 0.2) is 11.6 Å². The number of nitrogens with one attached hydrogen (secondary N) is 2. The van der Waals surface area contributed by atoms with Gasteiger partial charge in [-0.15, -0.1) is 0 Å². The first-order valence-corrected chi connectivity index (χ1v) is 12.2. The molecule has 0 radical (unpaired) electrons. The first kappa shape index (κ1) is 27.3. The van der Waals surface area contributed by atoms with Gasteiger partial charge >= 0.3 is 0 Å². The molecule has 200 valence electrons. The van der Waals surface area contributed by atoms with Crippen LogP contribution in [0.4, 0.5) is 14.6 Å². The van der Waals surface area contributed by atoms with Crippen LogP contribution in [0.15, 0.2) is 59.9 Å². The van der Waals surface area contributed by atoms with Crippen LogP contribution in [0.5, 0.6) is 0 Å². The highest BCUT2D eigenvalue weighted by molar-refractivity contribution is 5.93. The predicted octanol–water partition coefficient (Wildman–Crippen LogP) is 2.66. The van der Waals surface area contributed by atoms with Crippen LogP contribution in [0.3, 0.4) is 0 Å². The molecule has 0 aliphatic heterocycles. The Kier molecular flexibility index (Phi) is 8.91. The Morgan fingerprint density at radius 2 is 1.92 bits per heavy atom. The molecule has 39 heavy (non-hydrogen) atoms. The van der Waals surface area contributed by atoms with Gasteiger partial charge in [0.25, 0.3) is 11.5 Å². The van der Waals surface area contributed by atoms with Crippen LogP contribution in [0.2, 0.25) is 0 Å². The van der Waals surface area contributed by atoms with E-state index in [-0.39, 0.29) is 18.7 Å². The van der Waals surface area contributed by atoms with Crippen molar-refractivity contribution in [2.75, 3.05) is 39.0 Å². The van der Waals surface area contributed by atoms with Crippen molar-refractivity contribution < 1.29 is 13.6 Å². The zero-order valence-corrected chi connectivity index (χ0v) is 21.5. The minimum Gasteiger partial charge on any atom is -0.369 e. The fourth-order valence-corrected chi connectivity index (χ4v) is 3.71. The van der Waals surface area contributed by atoms with Gasteiger partial charge in [-0.05, 0) is 63.0 Å². The molecule has 0 spiro atoms. The molecule has 2 N–H and O–H groups in total. The zero-order valence-electron chi connectivity index (χ0n) is 21.5. The van der Waals surface area contributed by atoms with E-state index in [9.17, 15) is 18.4 Å². The number of carbonyl (C=O) groups is 1. The number of hydrogen-bond donors (Lipinski definition) is 2. The zero-order chi connectivity index (χ0) is 27.8. The third-order valence-corrected chi connectivity index (χ3v) is 5.68. The van der Waals surface area contributed by atoms with Gasteiger partial charge in [-0.1, -0.05) is 17.9 Å². The van der Waals surface area contributed by atoms with E-state index in [1.807, 2.05) is 32.3 Å². The molecule has 2 heterocycles. The van der Waals surface area contributed by atoms with Crippen LogP contribution in [0.25, 0.3) is 11.0 Å². The molecule has 9 nitrogen and oxygen atoms in total. The summed E-state index contributed by atoms with van der Waals surface area (Å²) in [4.78, 5) is 40.4. The highest BCUT2D eigenvalue weighted by Crippen LogP contribution is 2.14. The Balaban J connectivity index is 1.37. The van der Waals surface area contributed by atoms with Crippen molar-refractivity contribution in [3.8, 4) is 11.8 Å². The van der Waals surface area contributed by atoms with E-state index in [0.29, 0.717) is 22.5 Å². The minimum absolute atomic E-state index is 0.00642. The summed E-state index contributed by atoms with van der Waals surface area (Å²) in [6.45, 7) is 1.68. The largest absolute Gasteiger partial charge is 0.369 e. The van der Waals surface area contributed by atoms with Gasteiger partial charge in [0.1, 0.15) is 11.4 Å². The Bertz CT molecular complexity index is 1610. The molecule has 4 aromatic rings. The van der Waals surface area contributed by atoms with Crippen LogP contribution < -0.4 is 16.2 Å². The molecule has 1 amide bonds. The molecule has 0 unspecified atom stereocenters. The average Bonchev–Trinajstić information content (AvgIpc) is 2.92. The molecule has 0 saturated carbocycles. The average molecular weight is 532 g/mol. The fourth-order valence-electron chi connectivity index (χ4n) is 3.71. The number of amides is 1. The summed E-state index contributed by atoms with van der Waals surface area (Å²) in [5.74, 6) is 3.87. The highest BCUT2D eigenvalue weighted by atomic mass is 19.2. The summed E-state index contributed by atoms with van der Waals surface area (Å²) in [5.41, 5.74) is 1.69. The topological polar surface area (TPSA) is 105 Å². The number of anilines is 1. The van der Waals surface area contributed by atoms with E-state index < -0.39 is 23.1 Å². The summed E-state index contributed by atoms with van der Waals surface area (Å²) in [6, 6.07) is 8.78. The van der Waals surface area contributed by atoms with E-state index in [4.69, 9.17) is 0 Å².